The summed E-state index contributed by atoms with van der Waals surface area (Å²) in [5, 5.41) is 1.35. The number of piperazine rings is 1. The van der Waals surface area contributed by atoms with Crippen molar-refractivity contribution in [2.45, 2.75) is 128 Å². The minimum Gasteiger partial charge on any atom is -0.496 e. The summed E-state index contributed by atoms with van der Waals surface area (Å²) >= 11 is 0. The molecule has 0 N–H and O–H groups in total. The number of carbonyl (C=O) groups excluding carboxylic acids is 1. The lowest BCUT2D eigenvalue weighted by Crippen LogP contribution is -2.57. The second-order valence-corrected chi connectivity index (χ2v) is 28.6. The molecule has 5 heterocycles. The van der Waals surface area contributed by atoms with Crippen LogP contribution >= 0.6 is 0 Å². The number of aromatic nitrogens is 2. The number of aliphatic imine (C=N–C) groups is 1. The molecule has 0 aliphatic carbocycles. The first-order chi connectivity index (χ1) is 36.3. The van der Waals surface area contributed by atoms with Gasteiger partial charge in [-0.3, -0.25) is 9.80 Å². The normalized spacial score (nSPS) is 20.4. The third kappa shape index (κ3) is 9.74. The van der Waals surface area contributed by atoms with Crippen LogP contribution in [0.4, 0.5) is 29.5 Å². The van der Waals surface area contributed by atoms with Crippen molar-refractivity contribution in [1.29, 1.82) is 0 Å². The number of alkyl halides is 1. The molecule has 4 aliphatic heterocycles. The first-order valence-corrected chi connectivity index (χ1v) is 29.1. The largest absolute Gasteiger partial charge is 0.496 e. The SMILES string of the molecule is COc1cc(-c2cc(N=C(c3ccccc3)c3ccccc3)cc3ccc(F)c(C#C[Si](C(C)C)(C(C)C)C(C)C)c23)c(F)c2nc(OC[C@@]34CCCN3C[C@H](F)C4)nc(N3CC4C=CC(C3)N4C(=O)OC(C)(C)C)c12. The fourth-order valence-corrected chi connectivity index (χ4v) is 18.0. The Kier molecular flexibility index (Phi) is 14.4. The lowest BCUT2D eigenvalue weighted by Gasteiger charge is -2.42. The Bertz CT molecular complexity index is 3240. The number of ether oxygens (including phenoxy) is 3. The van der Waals surface area contributed by atoms with E-state index in [0.717, 1.165) is 30.5 Å². The van der Waals surface area contributed by atoms with Crippen molar-refractivity contribution in [3.63, 3.8) is 0 Å². The summed E-state index contributed by atoms with van der Waals surface area (Å²) in [4.78, 5) is 34.8. The van der Waals surface area contributed by atoms with Gasteiger partial charge in [0.1, 0.15) is 49.4 Å². The predicted octanol–water partition coefficient (Wildman–Crippen LogP) is 13.8. The lowest BCUT2D eigenvalue weighted by molar-refractivity contribution is 0.0146. The number of amides is 1. The Morgan fingerprint density at radius 3 is 2.09 bits per heavy atom. The molecular formula is C62H69F3N6O4Si. The Balaban J connectivity index is 1.21. The number of methoxy groups -OCH3 is 1. The molecule has 3 saturated heterocycles. The fourth-order valence-electron chi connectivity index (χ4n) is 12.8. The average molecular weight is 1050 g/mol. The fraction of sp³-hybridized carbons (Fsp3) is 0.419. The van der Waals surface area contributed by atoms with Gasteiger partial charge < -0.3 is 19.1 Å². The van der Waals surface area contributed by atoms with Crippen molar-refractivity contribution in [1.82, 2.24) is 19.8 Å². The predicted molar refractivity (Wildman–Crippen MR) is 301 cm³/mol. The third-order valence-electron chi connectivity index (χ3n) is 16.2. The third-order valence-corrected chi connectivity index (χ3v) is 22.5. The maximum Gasteiger partial charge on any atom is 0.411 e. The number of carbonyl (C=O) groups is 1. The molecule has 76 heavy (non-hydrogen) atoms. The number of anilines is 1. The maximum absolute atomic E-state index is 18.8. The van der Waals surface area contributed by atoms with Crippen LogP contribution in [0.15, 0.2) is 108 Å². The zero-order valence-electron chi connectivity index (χ0n) is 45.4. The summed E-state index contributed by atoms with van der Waals surface area (Å²) in [6.07, 6.45) is 4.54. The molecule has 3 fully saturated rings. The van der Waals surface area contributed by atoms with Crippen molar-refractivity contribution < 1.29 is 32.2 Å². The average Bonchev–Trinajstić information content (AvgIpc) is 4.09. The van der Waals surface area contributed by atoms with Gasteiger partial charge in [-0.25, -0.2) is 23.0 Å². The number of nitrogens with zero attached hydrogens (tertiary/aromatic N) is 6. The second kappa shape index (κ2) is 20.7. The molecule has 2 bridgehead atoms. The summed E-state index contributed by atoms with van der Waals surface area (Å²) in [7, 11) is -0.889. The van der Waals surface area contributed by atoms with E-state index < -0.39 is 43.1 Å². The van der Waals surface area contributed by atoms with Crippen molar-refractivity contribution in [3.8, 4) is 34.4 Å². The van der Waals surface area contributed by atoms with E-state index in [1.165, 1.54) is 13.2 Å². The van der Waals surface area contributed by atoms with Crippen LogP contribution in [0.1, 0.15) is 98.3 Å². The number of hydrogen-bond acceptors (Lipinski definition) is 9. The molecular weight excluding hydrogens is 978 g/mol. The summed E-state index contributed by atoms with van der Waals surface area (Å²) in [5.74, 6) is 2.83. The highest BCUT2D eigenvalue weighted by Gasteiger charge is 2.50. The molecule has 10 nitrogen and oxygen atoms in total. The number of fused-ring (bicyclic) bond motifs is 5. The highest BCUT2D eigenvalue weighted by atomic mass is 28.3. The Morgan fingerprint density at radius 2 is 1.49 bits per heavy atom. The van der Waals surface area contributed by atoms with Gasteiger partial charge in [0, 0.05) is 48.1 Å². The van der Waals surface area contributed by atoms with Crippen LogP contribution in [-0.4, -0.2) is 109 Å². The lowest BCUT2D eigenvalue weighted by atomic mass is 9.92. The summed E-state index contributed by atoms with van der Waals surface area (Å²) in [5.41, 5.74) is 6.82. The van der Waals surface area contributed by atoms with E-state index in [9.17, 15) is 4.79 Å². The first kappa shape index (κ1) is 52.7. The standard InChI is InChI=1S/C62H69F3N6O4Si/c1-38(2)76(39(3)4,40(5)6)29-26-48-51(64)25-22-43-30-45(66-56(41-18-13-11-14-19-41)42-20-15-12-16-21-42)31-49(53(43)48)50-32-52(73-10)54-57(55(50)65)67-59(74-37-62-27-17-28-70(62)34-44(63)33-62)68-58(54)69-35-46-23-24-47(36-69)71(46)60(72)75-61(7,8)9/h11-16,18-25,30-32,38-40,44,46-47H,17,27-28,33-37H2,1-10H3/t44-,46?,47?,62+/m1/s1. The minimum atomic E-state index is -2.41. The van der Waals surface area contributed by atoms with Crippen molar-refractivity contribution in [3.05, 3.63) is 131 Å². The maximum atomic E-state index is 18.8. The molecule has 1 aromatic heterocycles. The van der Waals surface area contributed by atoms with Gasteiger partial charge in [-0.2, -0.15) is 9.97 Å². The smallest absolute Gasteiger partial charge is 0.411 e. The topological polar surface area (TPSA) is 92.6 Å². The molecule has 396 valence electrons. The van der Waals surface area contributed by atoms with Crippen LogP contribution in [0.2, 0.25) is 16.6 Å². The number of halogens is 3. The Labute approximate surface area is 446 Å². The van der Waals surface area contributed by atoms with E-state index >= 15 is 13.2 Å². The summed E-state index contributed by atoms with van der Waals surface area (Å²) in [6, 6.07) is 27.4. The first-order valence-electron chi connectivity index (χ1n) is 26.8. The van der Waals surface area contributed by atoms with E-state index in [2.05, 4.69) is 57.9 Å². The van der Waals surface area contributed by atoms with Gasteiger partial charge in [0.05, 0.1) is 47.1 Å². The van der Waals surface area contributed by atoms with Crippen LogP contribution in [-0.2, 0) is 4.74 Å². The van der Waals surface area contributed by atoms with E-state index in [-0.39, 0.29) is 63.7 Å². The molecule has 1 amide bonds. The van der Waals surface area contributed by atoms with Gasteiger partial charge in [0.15, 0.2) is 5.82 Å². The zero-order chi connectivity index (χ0) is 53.8. The Hall–Kier alpha value is -6.69. The molecule has 5 aromatic carbocycles. The molecule has 0 saturated carbocycles. The van der Waals surface area contributed by atoms with Crippen LogP contribution in [0.5, 0.6) is 11.8 Å². The van der Waals surface area contributed by atoms with Gasteiger partial charge in [-0.15, -0.1) is 5.54 Å². The van der Waals surface area contributed by atoms with E-state index in [0.29, 0.717) is 65.0 Å². The molecule has 0 spiro atoms. The van der Waals surface area contributed by atoms with Crippen molar-refractivity contribution in [2.75, 3.05) is 44.8 Å². The highest BCUT2D eigenvalue weighted by Crippen LogP contribution is 2.47. The molecule has 14 heteroatoms. The van der Waals surface area contributed by atoms with E-state index in [4.69, 9.17) is 29.2 Å². The van der Waals surface area contributed by atoms with Crippen LogP contribution < -0.4 is 14.4 Å². The highest BCUT2D eigenvalue weighted by molar-refractivity contribution is 6.90. The van der Waals surface area contributed by atoms with Crippen molar-refractivity contribution >= 4 is 53.1 Å². The molecule has 6 aromatic rings. The van der Waals surface area contributed by atoms with Crippen LogP contribution in [0.3, 0.4) is 0 Å². The van der Waals surface area contributed by atoms with Gasteiger partial charge in [-0.1, -0.05) is 126 Å². The molecule has 0 radical (unpaired) electrons. The van der Waals surface area contributed by atoms with Gasteiger partial charge in [0.25, 0.3) is 0 Å². The quantitative estimate of drug-likeness (QED) is 0.0518. The molecule has 10 rings (SSSR count). The monoisotopic (exact) mass is 1050 g/mol. The minimum absolute atomic E-state index is 0.0764. The van der Waals surface area contributed by atoms with E-state index in [1.54, 1.807) is 23.1 Å². The van der Waals surface area contributed by atoms with E-state index in [1.807, 2.05) is 105 Å². The van der Waals surface area contributed by atoms with Gasteiger partial charge in [0.2, 0.25) is 0 Å². The number of hydrogen-bond donors (Lipinski definition) is 0. The number of rotatable bonds is 12. The molecule has 4 atom stereocenters. The van der Waals surface area contributed by atoms with Gasteiger partial charge >= 0.3 is 12.1 Å². The van der Waals surface area contributed by atoms with Crippen LogP contribution in [0, 0.1) is 23.1 Å². The summed E-state index contributed by atoms with van der Waals surface area (Å²) < 4.78 is 69.5. The zero-order valence-corrected chi connectivity index (χ0v) is 46.4. The number of benzene rings is 5. The molecule has 4 aliphatic rings. The van der Waals surface area contributed by atoms with Crippen molar-refractivity contribution in [2.24, 2.45) is 4.99 Å². The molecule has 2 unspecified atom stereocenters. The van der Waals surface area contributed by atoms with Crippen LogP contribution in [0.25, 0.3) is 32.8 Å². The van der Waals surface area contributed by atoms with Gasteiger partial charge in [-0.05, 0) is 92.0 Å². The second-order valence-electron chi connectivity index (χ2n) is 23.0. The Morgan fingerprint density at radius 1 is 0.842 bits per heavy atom. The summed E-state index contributed by atoms with van der Waals surface area (Å²) in [6.45, 7) is 20.6.